The van der Waals surface area contributed by atoms with Gasteiger partial charge in [-0.3, -0.25) is 4.79 Å². The standard InChI is InChI=1S/C16H25N5O3/c1-19(2)12-14(22)21-6-3-13(11-21)24-16-15(17-4-5-18-16)20-7-9-23-10-8-20/h4-5,13H,3,6-12H2,1-2H3. The number of rotatable bonds is 5. The van der Waals surface area contributed by atoms with Gasteiger partial charge >= 0.3 is 0 Å². The first kappa shape index (κ1) is 16.9. The summed E-state index contributed by atoms with van der Waals surface area (Å²) in [6.45, 7) is 4.70. The van der Waals surface area contributed by atoms with Crippen LogP contribution in [0.15, 0.2) is 12.4 Å². The van der Waals surface area contributed by atoms with Crippen LogP contribution >= 0.6 is 0 Å². The number of nitrogens with zero attached hydrogens (tertiary/aromatic N) is 5. The summed E-state index contributed by atoms with van der Waals surface area (Å²) in [7, 11) is 3.80. The van der Waals surface area contributed by atoms with Gasteiger partial charge in [0.15, 0.2) is 5.82 Å². The fourth-order valence-corrected chi connectivity index (χ4v) is 2.97. The second-order valence-corrected chi connectivity index (χ2v) is 6.39. The third-order valence-electron chi connectivity index (χ3n) is 4.18. The van der Waals surface area contributed by atoms with Gasteiger partial charge in [-0.05, 0) is 14.1 Å². The zero-order valence-electron chi connectivity index (χ0n) is 14.3. The Bertz CT molecular complexity index is 562. The van der Waals surface area contributed by atoms with Crippen LogP contribution in [0, 0.1) is 0 Å². The number of aromatic nitrogens is 2. The monoisotopic (exact) mass is 335 g/mol. The number of hydrogen-bond acceptors (Lipinski definition) is 7. The molecule has 1 unspecified atom stereocenters. The molecule has 1 atom stereocenters. The number of likely N-dealkylation sites (N-methyl/N-ethyl adjacent to an activating group) is 1. The van der Waals surface area contributed by atoms with Crippen molar-refractivity contribution in [3.8, 4) is 5.88 Å². The number of ether oxygens (including phenoxy) is 2. The van der Waals surface area contributed by atoms with Crippen LogP contribution in [0.2, 0.25) is 0 Å². The molecule has 0 N–H and O–H groups in total. The highest BCUT2D eigenvalue weighted by Crippen LogP contribution is 2.26. The number of carbonyl (C=O) groups is 1. The van der Waals surface area contributed by atoms with Gasteiger partial charge in [-0.15, -0.1) is 0 Å². The maximum Gasteiger partial charge on any atom is 0.257 e. The van der Waals surface area contributed by atoms with Crippen molar-refractivity contribution in [2.45, 2.75) is 12.5 Å². The molecule has 3 rings (SSSR count). The molecule has 1 aromatic rings. The summed E-state index contributed by atoms with van der Waals surface area (Å²) in [4.78, 5) is 26.8. The van der Waals surface area contributed by atoms with Crippen LogP contribution < -0.4 is 9.64 Å². The molecule has 8 heteroatoms. The lowest BCUT2D eigenvalue weighted by Crippen LogP contribution is -2.38. The molecule has 1 aromatic heterocycles. The van der Waals surface area contributed by atoms with Crippen molar-refractivity contribution in [2.24, 2.45) is 0 Å². The zero-order chi connectivity index (χ0) is 16.9. The minimum atomic E-state index is -0.0346. The number of carbonyl (C=O) groups excluding carboxylic acids is 1. The van der Waals surface area contributed by atoms with Crippen LogP contribution in [0.4, 0.5) is 5.82 Å². The van der Waals surface area contributed by atoms with E-state index in [1.165, 1.54) is 0 Å². The lowest BCUT2D eigenvalue weighted by molar-refractivity contribution is -0.131. The number of morpholine rings is 1. The van der Waals surface area contributed by atoms with E-state index < -0.39 is 0 Å². The van der Waals surface area contributed by atoms with Crippen molar-refractivity contribution in [1.82, 2.24) is 19.8 Å². The summed E-state index contributed by atoms with van der Waals surface area (Å²) in [5, 5.41) is 0. The van der Waals surface area contributed by atoms with Gasteiger partial charge in [0.25, 0.3) is 5.88 Å². The van der Waals surface area contributed by atoms with E-state index in [1.54, 1.807) is 12.4 Å². The van der Waals surface area contributed by atoms with Crippen molar-refractivity contribution >= 4 is 11.7 Å². The second kappa shape index (κ2) is 7.76. The maximum absolute atomic E-state index is 12.1. The Kier molecular flexibility index (Phi) is 5.47. The third-order valence-corrected chi connectivity index (χ3v) is 4.18. The Hall–Kier alpha value is -1.93. The van der Waals surface area contributed by atoms with E-state index in [9.17, 15) is 4.79 Å². The summed E-state index contributed by atoms with van der Waals surface area (Å²) < 4.78 is 11.5. The van der Waals surface area contributed by atoms with Gasteiger partial charge in [-0.25, -0.2) is 9.97 Å². The van der Waals surface area contributed by atoms with Crippen LogP contribution in [0.25, 0.3) is 0 Å². The van der Waals surface area contributed by atoms with E-state index in [4.69, 9.17) is 9.47 Å². The van der Waals surface area contributed by atoms with Crippen molar-refractivity contribution in [1.29, 1.82) is 0 Å². The molecule has 2 fully saturated rings. The molecule has 24 heavy (non-hydrogen) atoms. The summed E-state index contributed by atoms with van der Waals surface area (Å²) in [6.07, 6.45) is 4.10. The normalized spacial score (nSPS) is 21.4. The van der Waals surface area contributed by atoms with Crippen LogP contribution in [0.5, 0.6) is 5.88 Å². The van der Waals surface area contributed by atoms with Gasteiger partial charge < -0.3 is 24.2 Å². The Balaban J connectivity index is 1.61. The second-order valence-electron chi connectivity index (χ2n) is 6.39. The average Bonchev–Trinajstić information content (AvgIpc) is 3.04. The van der Waals surface area contributed by atoms with Crippen LogP contribution in [0.3, 0.4) is 0 Å². The topological polar surface area (TPSA) is 71.0 Å². The molecule has 1 amide bonds. The lowest BCUT2D eigenvalue weighted by atomic mass is 10.3. The Morgan fingerprint density at radius 1 is 1.29 bits per heavy atom. The quantitative estimate of drug-likeness (QED) is 0.741. The number of likely N-dealkylation sites (tertiary alicyclic amines) is 1. The van der Waals surface area contributed by atoms with Gasteiger partial charge in [-0.2, -0.15) is 0 Å². The molecule has 0 bridgehead atoms. The van der Waals surface area contributed by atoms with Crippen LogP contribution in [0.1, 0.15) is 6.42 Å². The first-order valence-corrected chi connectivity index (χ1v) is 8.36. The highest BCUT2D eigenvalue weighted by molar-refractivity contribution is 5.78. The Morgan fingerprint density at radius 2 is 2.04 bits per heavy atom. The summed E-state index contributed by atoms with van der Waals surface area (Å²) in [6, 6.07) is 0. The third kappa shape index (κ3) is 4.12. The molecule has 2 aliphatic heterocycles. The van der Waals surface area contributed by atoms with E-state index in [0.29, 0.717) is 32.2 Å². The molecular formula is C16H25N5O3. The number of amides is 1. The lowest BCUT2D eigenvalue weighted by Gasteiger charge is -2.29. The minimum Gasteiger partial charge on any atom is -0.470 e. The molecule has 2 aliphatic rings. The smallest absolute Gasteiger partial charge is 0.257 e. The predicted molar refractivity (Wildman–Crippen MR) is 89.2 cm³/mol. The molecule has 8 nitrogen and oxygen atoms in total. The molecule has 132 valence electrons. The SMILES string of the molecule is CN(C)CC(=O)N1CCC(Oc2nccnc2N2CCOCC2)C1. The molecule has 0 radical (unpaired) electrons. The minimum absolute atomic E-state index is 0.0346. The van der Waals surface area contributed by atoms with Crippen molar-refractivity contribution < 1.29 is 14.3 Å². The molecular weight excluding hydrogens is 310 g/mol. The van der Waals surface area contributed by atoms with Crippen molar-refractivity contribution in [3.05, 3.63) is 12.4 Å². The number of anilines is 1. The molecule has 0 saturated carbocycles. The van der Waals surface area contributed by atoms with E-state index in [2.05, 4.69) is 14.9 Å². The Morgan fingerprint density at radius 3 is 2.79 bits per heavy atom. The van der Waals surface area contributed by atoms with Gasteiger partial charge in [0.05, 0.1) is 26.3 Å². The van der Waals surface area contributed by atoms with E-state index in [0.717, 1.165) is 31.9 Å². The maximum atomic E-state index is 12.1. The fourth-order valence-electron chi connectivity index (χ4n) is 2.97. The molecule has 0 spiro atoms. The van der Waals surface area contributed by atoms with E-state index >= 15 is 0 Å². The van der Waals surface area contributed by atoms with Gasteiger partial charge in [0.1, 0.15) is 6.10 Å². The zero-order valence-corrected chi connectivity index (χ0v) is 14.3. The van der Waals surface area contributed by atoms with Gasteiger partial charge in [0, 0.05) is 38.4 Å². The van der Waals surface area contributed by atoms with Crippen LogP contribution in [-0.4, -0.2) is 91.8 Å². The summed E-state index contributed by atoms with van der Waals surface area (Å²) >= 11 is 0. The average molecular weight is 335 g/mol. The number of hydrogen-bond donors (Lipinski definition) is 0. The van der Waals surface area contributed by atoms with Crippen LogP contribution in [-0.2, 0) is 9.53 Å². The molecule has 0 aliphatic carbocycles. The van der Waals surface area contributed by atoms with E-state index in [-0.39, 0.29) is 12.0 Å². The van der Waals surface area contributed by atoms with Crippen molar-refractivity contribution in [2.75, 3.05) is 64.9 Å². The first-order chi connectivity index (χ1) is 11.6. The highest BCUT2D eigenvalue weighted by Gasteiger charge is 2.29. The van der Waals surface area contributed by atoms with Gasteiger partial charge in [0.2, 0.25) is 5.91 Å². The van der Waals surface area contributed by atoms with Crippen molar-refractivity contribution in [3.63, 3.8) is 0 Å². The van der Waals surface area contributed by atoms with Gasteiger partial charge in [-0.1, -0.05) is 0 Å². The molecule has 3 heterocycles. The Labute approximate surface area is 142 Å². The summed E-state index contributed by atoms with van der Waals surface area (Å²) in [5.74, 6) is 1.45. The largest absolute Gasteiger partial charge is 0.470 e. The first-order valence-electron chi connectivity index (χ1n) is 8.36. The van der Waals surface area contributed by atoms with E-state index in [1.807, 2.05) is 23.9 Å². The highest BCUT2D eigenvalue weighted by atomic mass is 16.5. The molecule has 2 saturated heterocycles. The summed E-state index contributed by atoms with van der Waals surface area (Å²) in [5.41, 5.74) is 0. The molecule has 0 aromatic carbocycles. The predicted octanol–water partition coefficient (Wildman–Crippen LogP) is -0.145. The fraction of sp³-hybridized carbons (Fsp3) is 0.688.